The molecule has 2 fully saturated rings. The Labute approximate surface area is 108 Å². The molecule has 18 heavy (non-hydrogen) atoms. The average Bonchev–Trinajstić information content (AvgIpc) is 3.13. The molecule has 1 aromatic rings. The van der Waals surface area contributed by atoms with Gasteiger partial charge in [-0.25, -0.2) is 0 Å². The highest BCUT2D eigenvalue weighted by molar-refractivity contribution is 5.27. The molecule has 0 amide bonds. The lowest BCUT2D eigenvalue weighted by Crippen LogP contribution is -2.04. The highest BCUT2D eigenvalue weighted by atomic mass is 16.5. The third kappa shape index (κ3) is 2.12. The molecular weight excluding hydrogens is 226 g/mol. The lowest BCUT2D eigenvalue weighted by Gasteiger charge is -2.12. The lowest BCUT2D eigenvalue weighted by molar-refractivity contribution is 0.141. The third-order valence-corrected chi connectivity index (χ3v) is 4.47. The molecule has 0 bridgehead atoms. The van der Waals surface area contributed by atoms with Gasteiger partial charge in [0, 0.05) is 11.8 Å². The van der Waals surface area contributed by atoms with E-state index in [-0.39, 0.29) is 6.10 Å². The Hall–Kier alpha value is -1.09. The highest BCUT2D eigenvalue weighted by Crippen LogP contribution is 2.60. The predicted octanol–water partition coefficient (Wildman–Crippen LogP) is 2.95. The number of ether oxygens (including phenoxy) is 1. The predicted molar refractivity (Wildman–Crippen MR) is 69.3 cm³/mol. The number of hydrogen-bond donors (Lipinski definition) is 1. The standard InChI is InChI=1S/C15H21NO2/c1-2-18-11-7-10(8-16-9-11)15(17)14-12-5-3-4-6-13(12)14/h7-9,12-15,17H,2-6H2,1H3. The Morgan fingerprint density at radius 1 is 1.33 bits per heavy atom. The van der Waals surface area contributed by atoms with Gasteiger partial charge in [0.25, 0.3) is 0 Å². The first kappa shape index (κ1) is 12.0. The molecule has 1 heterocycles. The van der Waals surface area contributed by atoms with E-state index in [0.717, 1.165) is 23.1 Å². The van der Waals surface area contributed by atoms with Crippen LogP contribution in [0.5, 0.6) is 5.75 Å². The topological polar surface area (TPSA) is 42.4 Å². The molecule has 3 heteroatoms. The monoisotopic (exact) mass is 247 g/mol. The molecular formula is C15H21NO2. The van der Waals surface area contributed by atoms with Crippen LogP contribution in [0.15, 0.2) is 18.5 Å². The summed E-state index contributed by atoms with van der Waals surface area (Å²) >= 11 is 0. The average molecular weight is 247 g/mol. The van der Waals surface area contributed by atoms with Crippen LogP contribution in [0.1, 0.15) is 44.3 Å². The minimum atomic E-state index is -0.356. The van der Waals surface area contributed by atoms with Crippen LogP contribution < -0.4 is 4.74 Å². The van der Waals surface area contributed by atoms with Crippen LogP contribution in [0.3, 0.4) is 0 Å². The van der Waals surface area contributed by atoms with Crippen molar-refractivity contribution in [3.8, 4) is 5.75 Å². The Kier molecular flexibility index (Phi) is 3.25. The van der Waals surface area contributed by atoms with E-state index in [9.17, 15) is 5.11 Å². The maximum atomic E-state index is 10.5. The molecule has 1 aromatic heterocycles. The smallest absolute Gasteiger partial charge is 0.137 e. The SMILES string of the molecule is CCOc1cncc(C(O)C2C3CCCCC32)c1. The Bertz CT molecular complexity index is 409. The van der Waals surface area contributed by atoms with Gasteiger partial charge < -0.3 is 9.84 Å². The van der Waals surface area contributed by atoms with Crippen molar-refractivity contribution in [2.75, 3.05) is 6.61 Å². The van der Waals surface area contributed by atoms with Crippen LogP contribution >= 0.6 is 0 Å². The van der Waals surface area contributed by atoms with Gasteiger partial charge in [0.15, 0.2) is 0 Å². The summed E-state index contributed by atoms with van der Waals surface area (Å²) in [7, 11) is 0. The summed E-state index contributed by atoms with van der Waals surface area (Å²) in [5, 5.41) is 10.5. The van der Waals surface area contributed by atoms with Crippen LogP contribution in [0.25, 0.3) is 0 Å². The van der Waals surface area contributed by atoms with Gasteiger partial charge >= 0.3 is 0 Å². The van der Waals surface area contributed by atoms with Crippen molar-refractivity contribution >= 4 is 0 Å². The maximum Gasteiger partial charge on any atom is 0.137 e. The number of hydrogen-bond acceptors (Lipinski definition) is 3. The van der Waals surface area contributed by atoms with E-state index in [1.54, 1.807) is 12.4 Å². The van der Waals surface area contributed by atoms with Crippen molar-refractivity contribution in [1.29, 1.82) is 0 Å². The minimum Gasteiger partial charge on any atom is -0.492 e. The number of aromatic nitrogens is 1. The first-order valence-electron chi connectivity index (χ1n) is 7.07. The molecule has 0 spiro atoms. The molecule has 3 nitrogen and oxygen atoms in total. The van der Waals surface area contributed by atoms with E-state index in [1.807, 2.05) is 13.0 Å². The summed E-state index contributed by atoms with van der Waals surface area (Å²) in [6, 6.07) is 1.94. The Morgan fingerprint density at radius 2 is 2.06 bits per heavy atom. The fraction of sp³-hybridized carbons (Fsp3) is 0.667. The minimum absolute atomic E-state index is 0.356. The zero-order valence-corrected chi connectivity index (χ0v) is 10.9. The molecule has 98 valence electrons. The summed E-state index contributed by atoms with van der Waals surface area (Å²) < 4.78 is 5.44. The lowest BCUT2D eigenvalue weighted by atomic mass is 10.0. The van der Waals surface area contributed by atoms with Gasteiger partial charge in [-0.05, 0) is 43.6 Å². The first-order chi connectivity index (χ1) is 8.81. The van der Waals surface area contributed by atoms with Crippen molar-refractivity contribution in [2.45, 2.75) is 38.7 Å². The second-order valence-electron chi connectivity index (χ2n) is 5.52. The molecule has 0 saturated heterocycles. The van der Waals surface area contributed by atoms with Gasteiger partial charge in [-0.3, -0.25) is 4.98 Å². The van der Waals surface area contributed by atoms with Crippen molar-refractivity contribution in [3.05, 3.63) is 24.0 Å². The third-order valence-electron chi connectivity index (χ3n) is 4.47. The van der Waals surface area contributed by atoms with Crippen molar-refractivity contribution < 1.29 is 9.84 Å². The van der Waals surface area contributed by atoms with Crippen LogP contribution in [-0.2, 0) is 0 Å². The quantitative estimate of drug-likeness (QED) is 0.889. The zero-order valence-electron chi connectivity index (χ0n) is 10.9. The van der Waals surface area contributed by atoms with Gasteiger partial charge in [0.2, 0.25) is 0 Å². The molecule has 2 aliphatic rings. The van der Waals surface area contributed by atoms with E-state index in [1.165, 1.54) is 25.7 Å². The molecule has 2 saturated carbocycles. The molecule has 3 rings (SSSR count). The van der Waals surface area contributed by atoms with Crippen LogP contribution in [0.2, 0.25) is 0 Å². The number of rotatable bonds is 4. The summed E-state index contributed by atoms with van der Waals surface area (Å²) in [5.74, 6) is 2.73. The second-order valence-corrected chi connectivity index (χ2v) is 5.52. The Morgan fingerprint density at radius 3 is 2.72 bits per heavy atom. The van der Waals surface area contributed by atoms with Crippen molar-refractivity contribution in [3.63, 3.8) is 0 Å². The fourth-order valence-electron chi connectivity index (χ4n) is 3.58. The van der Waals surface area contributed by atoms with Crippen LogP contribution in [0, 0.1) is 17.8 Å². The number of aliphatic hydroxyl groups excluding tert-OH is 1. The van der Waals surface area contributed by atoms with E-state index in [0.29, 0.717) is 12.5 Å². The largest absolute Gasteiger partial charge is 0.492 e. The zero-order chi connectivity index (χ0) is 12.5. The van der Waals surface area contributed by atoms with Gasteiger partial charge in [-0.1, -0.05) is 12.8 Å². The van der Waals surface area contributed by atoms with Gasteiger partial charge in [-0.2, -0.15) is 0 Å². The van der Waals surface area contributed by atoms with Crippen molar-refractivity contribution in [2.24, 2.45) is 17.8 Å². The van der Waals surface area contributed by atoms with Crippen LogP contribution in [0.4, 0.5) is 0 Å². The summed E-state index contributed by atoms with van der Waals surface area (Å²) in [6.07, 6.45) is 8.39. The molecule has 2 aliphatic carbocycles. The van der Waals surface area contributed by atoms with Gasteiger partial charge in [-0.15, -0.1) is 0 Å². The normalized spacial score (nSPS) is 31.6. The molecule has 3 atom stereocenters. The fourth-order valence-corrected chi connectivity index (χ4v) is 3.58. The molecule has 0 aliphatic heterocycles. The molecule has 0 aromatic carbocycles. The van der Waals surface area contributed by atoms with E-state index >= 15 is 0 Å². The van der Waals surface area contributed by atoms with Crippen molar-refractivity contribution in [1.82, 2.24) is 4.98 Å². The van der Waals surface area contributed by atoms with E-state index in [2.05, 4.69) is 4.98 Å². The number of pyridine rings is 1. The van der Waals surface area contributed by atoms with E-state index in [4.69, 9.17) is 4.74 Å². The Balaban J connectivity index is 1.72. The number of fused-ring (bicyclic) bond motifs is 1. The van der Waals surface area contributed by atoms with Gasteiger partial charge in [0.05, 0.1) is 18.9 Å². The summed E-state index contributed by atoms with van der Waals surface area (Å²) in [4.78, 5) is 4.17. The summed E-state index contributed by atoms with van der Waals surface area (Å²) in [6.45, 7) is 2.59. The summed E-state index contributed by atoms with van der Waals surface area (Å²) in [5.41, 5.74) is 0.917. The van der Waals surface area contributed by atoms with Crippen LogP contribution in [-0.4, -0.2) is 16.7 Å². The second kappa shape index (κ2) is 4.88. The number of aliphatic hydroxyl groups is 1. The molecule has 1 N–H and O–H groups in total. The molecule has 3 unspecified atom stereocenters. The van der Waals surface area contributed by atoms with E-state index < -0.39 is 0 Å². The first-order valence-corrected chi connectivity index (χ1v) is 7.07. The molecule has 0 radical (unpaired) electrons. The van der Waals surface area contributed by atoms with Gasteiger partial charge in [0.1, 0.15) is 5.75 Å². The highest BCUT2D eigenvalue weighted by Gasteiger charge is 2.54. The number of nitrogens with zero attached hydrogens (tertiary/aromatic N) is 1. The maximum absolute atomic E-state index is 10.5.